The number of esters is 1. The zero-order valence-corrected chi connectivity index (χ0v) is 12.8. The normalized spacial score (nSPS) is 15.3. The highest BCUT2D eigenvalue weighted by Crippen LogP contribution is 2.30. The van der Waals surface area contributed by atoms with Crippen molar-refractivity contribution in [3.05, 3.63) is 86.2 Å². The van der Waals surface area contributed by atoms with Gasteiger partial charge in [-0.3, -0.25) is 10.1 Å². The topological polar surface area (TPSA) is 69.4 Å². The molecule has 1 aliphatic rings. The minimum Gasteiger partial charge on any atom is -0.422 e. The quantitative estimate of drug-likeness (QED) is 0.358. The number of benzene rings is 2. The van der Waals surface area contributed by atoms with E-state index >= 15 is 0 Å². The number of nitro benzene ring substituents is 1. The van der Waals surface area contributed by atoms with Crippen molar-refractivity contribution in [3.8, 4) is 0 Å². The number of rotatable bonds is 3. The van der Waals surface area contributed by atoms with E-state index in [1.807, 2.05) is 0 Å². The van der Waals surface area contributed by atoms with Gasteiger partial charge in [-0.2, -0.15) is 0 Å². The Bertz CT molecular complexity index is 903. The van der Waals surface area contributed by atoms with E-state index in [0.717, 1.165) is 0 Å². The molecule has 0 aromatic heterocycles. The summed E-state index contributed by atoms with van der Waals surface area (Å²) in [4.78, 5) is 22.2. The zero-order valence-electron chi connectivity index (χ0n) is 12.0. The minimum atomic E-state index is -0.600. The molecular formula is C17H9ClFNO4. The predicted molar refractivity (Wildman–Crippen MR) is 86.6 cm³/mol. The summed E-state index contributed by atoms with van der Waals surface area (Å²) in [5.74, 6) is -0.699. The lowest BCUT2D eigenvalue weighted by Gasteiger charge is -2.00. The van der Waals surface area contributed by atoms with Gasteiger partial charge >= 0.3 is 5.97 Å². The molecule has 0 amide bonds. The molecule has 0 N–H and O–H groups in total. The standard InChI is InChI=1S/C17H9ClFNO4/c18-14-6-1-10(8-15(14)20(22)23)7-12-9-16(24-17(12)21)11-2-4-13(19)5-3-11/h1-9H/b12-7-. The van der Waals surface area contributed by atoms with E-state index < -0.39 is 16.7 Å². The van der Waals surface area contributed by atoms with Gasteiger partial charge in [-0.15, -0.1) is 0 Å². The van der Waals surface area contributed by atoms with Crippen LogP contribution < -0.4 is 0 Å². The average Bonchev–Trinajstić information content (AvgIpc) is 2.90. The van der Waals surface area contributed by atoms with Gasteiger partial charge in [0, 0.05) is 11.6 Å². The summed E-state index contributed by atoms with van der Waals surface area (Å²) in [5.41, 5.74) is 0.968. The van der Waals surface area contributed by atoms with E-state index in [2.05, 4.69) is 0 Å². The van der Waals surface area contributed by atoms with Gasteiger partial charge in [-0.1, -0.05) is 17.7 Å². The van der Waals surface area contributed by atoms with Gasteiger partial charge < -0.3 is 4.74 Å². The summed E-state index contributed by atoms with van der Waals surface area (Å²) in [7, 11) is 0. The maximum Gasteiger partial charge on any atom is 0.343 e. The van der Waals surface area contributed by atoms with E-state index in [1.165, 1.54) is 48.6 Å². The van der Waals surface area contributed by atoms with Crippen molar-refractivity contribution in [2.24, 2.45) is 0 Å². The third-order valence-electron chi connectivity index (χ3n) is 3.34. The highest BCUT2D eigenvalue weighted by Gasteiger charge is 2.22. The Balaban J connectivity index is 1.95. The Kier molecular flexibility index (Phi) is 4.14. The molecular weight excluding hydrogens is 337 g/mol. The fourth-order valence-corrected chi connectivity index (χ4v) is 2.37. The van der Waals surface area contributed by atoms with Crippen LogP contribution >= 0.6 is 11.6 Å². The van der Waals surface area contributed by atoms with Crippen molar-refractivity contribution in [2.75, 3.05) is 0 Å². The van der Waals surface area contributed by atoms with Gasteiger partial charge in [0.15, 0.2) is 0 Å². The van der Waals surface area contributed by atoms with Crippen molar-refractivity contribution >= 4 is 35.1 Å². The van der Waals surface area contributed by atoms with Crippen LogP contribution in [0.1, 0.15) is 11.1 Å². The van der Waals surface area contributed by atoms with Crippen LogP contribution in [-0.2, 0) is 9.53 Å². The van der Waals surface area contributed by atoms with Gasteiger partial charge in [0.05, 0.1) is 10.5 Å². The summed E-state index contributed by atoms with van der Waals surface area (Å²) in [6.07, 6.45) is 2.96. The van der Waals surface area contributed by atoms with E-state index in [1.54, 1.807) is 6.07 Å². The van der Waals surface area contributed by atoms with E-state index in [0.29, 0.717) is 11.1 Å². The third-order valence-corrected chi connectivity index (χ3v) is 3.66. The Morgan fingerprint density at radius 2 is 1.88 bits per heavy atom. The Labute approximate surface area is 140 Å². The zero-order chi connectivity index (χ0) is 17.3. The average molecular weight is 346 g/mol. The predicted octanol–water partition coefficient (Wildman–Crippen LogP) is 4.37. The second-order valence-electron chi connectivity index (χ2n) is 4.97. The molecule has 2 aromatic rings. The smallest absolute Gasteiger partial charge is 0.343 e. The summed E-state index contributed by atoms with van der Waals surface area (Å²) in [6, 6.07) is 9.71. The summed E-state index contributed by atoms with van der Waals surface area (Å²) < 4.78 is 18.1. The maximum absolute atomic E-state index is 12.9. The number of nitrogens with zero attached hydrogens (tertiary/aromatic N) is 1. The Hall–Kier alpha value is -2.99. The van der Waals surface area contributed by atoms with Crippen LogP contribution in [-0.4, -0.2) is 10.9 Å². The number of nitro groups is 1. The monoisotopic (exact) mass is 345 g/mol. The first-order valence-corrected chi connectivity index (χ1v) is 7.17. The van der Waals surface area contributed by atoms with Crippen molar-refractivity contribution in [1.29, 1.82) is 0 Å². The highest BCUT2D eigenvalue weighted by molar-refractivity contribution is 6.32. The molecule has 3 rings (SSSR count). The molecule has 7 heteroatoms. The maximum atomic E-state index is 12.9. The molecule has 0 spiro atoms. The molecule has 2 aromatic carbocycles. The van der Waals surface area contributed by atoms with Crippen molar-refractivity contribution < 1.29 is 18.8 Å². The number of halogens is 2. The molecule has 0 radical (unpaired) electrons. The third kappa shape index (κ3) is 3.18. The Morgan fingerprint density at radius 3 is 2.54 bits per heavy atom. The van der Waals surface area contributed by atoms with Gasteiger partial charge in [0.1, 0.15) is 16.6 Å². The van der Waals surface area contributed by atoms with Gasteiger partial charge in [0.2, 0.25) is 0 Å². The van der Waals surface area contributed by atoms with Crippen LogP contribution in [0.5, 0.6) is 0 Å². The first kappa shape index (κ1) is 15.9. The largest absolute Gasteiger partial charge is 0.422 e. The summed E-state index contributed by atoms with van der Waals surface area (Å²) >= 11 is 5.76. The fourth-order valence-electron chi connectivity index (χ4n) is 2.18. The highest BCUT2D eigenvalue weighted by atomic mass is 35.5. The molecule has 0 aliphatic carbocycles. The van der Waals surface area contributed by atoms with Crippen molar-refractivity contribution in [2.45, 2.75) is 0 Å². The molecule has 0 saturated heterocycles. The number of carbonyl (C=O) groups excluding carboxylic acids is 1. The van der Waals surface area contributed by atoms with Crippen LogP contribution in [0, 0.1) is 15.9 Å². The molecule has 120 valence electrons. The molecule has 24 heavy (non-hydrogen) atoms. The van der Waals surface area contributed by atoms with Crippen LogP contribution in [0.15, 0.2) is 54.1 Å². The lowest BCUT2D eigenvalue weighted by atomic mass is 10.1. The molecule has 5 nitrogen and oxygen atoms in total. The van der Waals surface area contributed by atoms with Gasteiger partial charge in [-0.25, -0.2) is 9.18 Å². The van der Waals surface area contributed by atoms with Crippen molar-refractivity contribution in [3.63, 3.8) is 0 Å². The lowest BCUT2D eigenvalue weighted by molar-refractivity contribution is -0.384. The number of ether oxygens (including phenoxy) is 1. The second-order valence-corrected chi connectivity index (χ2v) is 5.38. The van der Waals surface area contributed by atoms with Crippen LogP contribution in [0.25, 0.3) is 11.8 Å². The van der Waals surface area contributed by atoms with E-state index in [4.69, 9.17) is 16.3 Å². The van der Waals surface area contributed by atoms with Gasteiger partial charge in [0.25, 0.3) is 5.69 Å². The molecule has 0 saturated carbocycles. The fraction of sp³-hybridized carbons (Fsp3) is 0. The molecule has 0 unspecified atom stereocenters. The number of hydrogen-bond donors (Lipinski definition) is 0. The van der Waals surface area contributed by atoms with Crippen LogP contribution in [0.3, 0.4) is 0 Å². The molecule has 0 atom stereocenters. The number of carbonyl (C=O) groups is 1. The summed E-state index contributed by atoms with van der Waals surface area (Å²) in [6.45, 7) is 0. The first-order chi connectivity index (χ1) is 11.4. The summed E-state index contributed by atoms with van der Waals surface area (Å²) in [5, 5.41) is 10.9. The molecule has 1 aliphatic heterocycles. The number of hydrogen-bond acceptors (Lipinski definition) is 4. The SMILES string of the molecule is O=C1OC(c2ccc(F)cc2)=C/C1=C/c1ccc(Cl)c([N+](=O)[O-])c1. The molecule has 0 fully saturated rings. The Morgan fingerprint density at radius 1 is 1.17 bits per heavy atom. The van der Waals surface area contributed by atoms with Crippen LogP contribution in [0.4, 0.5) is 10.1 Å². The van der Waals surface area contributed by atoms with E-state index in [-0.39, 0.29) is 22.0 Å². The second kappa shape index (κ2) is 6.25. The van der Waals surface area contributed by atoms with E-state index in [9.17, 15) is 19.3 Å². The lowest BCUT2D eigenvalue weighted by Crippen LogP contribution is -1.97. The number of cyclic esters (lactones) is 1. The van der Waals surface area contributed by atoms with Gasteiger partial charge in [-0.05, 0) is 48.0 Å². The first-order valence-electron chi connectivity index (χ1n) is 6.79. The van der Waals surface area contributed by atoms with Crippen molar-refractivity contribution in [1.82, 2.24) is 0 Å². The molecule has 0 bridgehead atoms. The minimum absolute atomic E-state index is 0.0127. The molecule has 1 heterocycles. The van der Waals surface area contributed by atoms with Crippen LogP contribution in [0.2, 0.25) is 5.02 Å².